The maximum atomic E-state index is 13.5. The maximum Gasteiger partial charge on any atom is 0.247 e. The van der Waals surface area contributed by atoms with Crippen LogP contribution < -0.4 is 9.47 Å². The third kappa shape index (κ3) is 3.86. The Bertz CT molecular complexity index is 1010. The van der Waals surface area contributed by atoms with Crippen LogP contribution in [0, 0.1) is 5.82 Å². The Kier molecular flexibility index (Phi) is 5.30. The van der Waals surface area contributed by atoms with E-state index in [0.29, 0.717) is 34.8 Å². The van der Waals surface area contributed by atoms with Crippen molar-refractivity contribution in [1.29, 1.82) is 0 Å². The van der Waals surface area contributed by atoms with Crippen molar-refractivity contribution in [2.45, 2.75) is 12.5 Å². The van der Waals surface area contributed by atoms with Crippen molar-refractivity contribution in [2.75, 3.05) is 20.5 Å². The summed E-state index contributed by atoms with van der Waals surface area (Å²) in [4.78, 5) is 0. The topological polar surface area (TPSA) is 68.2 Å². The van der Waals surface area contributed by atoms with E-state index >= 15 is 0 Å². The van der Waals surface area contributed by atoms with E-state index in [1.807, 2.05) is 0 Å². The largest absolute Gasteiger partial charge is 0.493 e. The second kappa shape index (κ2) is 7.36. The van der Waals surface area contributed by atoms with E-state index in [1.54, 1.807) is 18.2 Å². The Balaban J connectivity index is 2.02. The van der Waals surface area contributed by atoms with Crippen LogP contribution in [0.25, 0.3) is 0 Å². The van der Waals surface area contributed by atoms with Crippen LogP contribution in [0.4, 0.5) is 4.39 Å². The number of ether oxygens (including phenoxy) is 2. The predicted molar refractivity (Wildman–Crippen MR) is 102 cm³/mol. The molecule has 0 unspecified atom stereocenters. The number of rotatable bonds is 5. The normalized spacial score (nSPS) is 17.0. The van der Waals surface area contributed by atoms with Gasteiger partial charge in [-0.3, -0.25) is 0 Å². The number of benzene rings is 2. The molecular weight excluding hydrogens is 395 g/mol. The lowest BCUT2D eigenvalue weighted by Crippen LogP contribution is -2.25. The zero-order valence-electron chi connectivity index (χ0n) is 14.9. The number of hydrogen-bond acceptors (Lipinski definition) is 5. The molecule has 0 aromatic heterocycles. The van der Waals surface area contributed by atoms with Gasteiger partial charge in [0.2, 0.25) is 10.0 Å². The minimum atomic E-state index is -3.64. The number of nitrogens with zero attached hydrogens (tertiary/aromatic N) is 2. The van der Waals surface area contributed by atoms with Gasteiger partial charge in [0.1, 0.15) is 5.82 Å². The molecule has 0 saturated heterocycles. The summed E-state index contributed by atoms with van der Waals surface area (Å²) in [6.45, 7) is 0. The fraction of sp³-hybridized carbons (Fsp3) is 0.278. The number of methoxy groups -OCH3 is 2. The minimum absolute atomic E-state index is 0.0690. The van der Waals surface area contributed by atoms with E-state index in [2.05, 4.69) is 5.10 Å². The van der Waals surface area contributed by atoms with Gasteiger partial charge in [-0.2, -0.15) is 9.52 Å². The third-order valence-electron chi connectivity index (χ3n) is 4.26. The molecule has 0 bridgehead atoms. The van der Waals surface area contributed by atoms with Gasteiger partial charge in [-0.05, 0) is 35.9 Å². The van der Waals surface area contributed by atoms with Gasteiger partial charge in [0.25, 0.3) is 0 Å². The van der Waals surface area contributed by atoms with E-state index in [1.165, 1.54) is 32.4 Å². The van der Waals surface area contributed by atoms with Crippen molar-refractivity contribution in [3.05, 3.63) is 58.4 Å². The lowest BCUT2D eigenvalue weighted by atomic mass is 9.99. The van der Waals surface area contributed by atoms with Crippen LogP contribution in [0.1, 0.15) is 23.6 Å². The van der Waals surface area contributed by atoms with E-state index in [0.717, 1.165) is 10.7 Å². The lowest BCUT2D eigenvalue weighted by molar-refractivity contribution is 0.355. The smallest absolute Gasteiger partial charge is 0.247 e. The molecule has 2 aromatic rings. The van der Waals surface area contributed by atoms with Crippen LogP contribution in [-0.2, 0) is 10.0 Å². The first kappa shape index (κ1) is 19.4. The fourth-order valence-electron chi connectivity index (χ4n) is 2.95. The summed E-state index contributed by atoms with van der Waals surface area (Å²) < 4.78 is 49.5. The first-order valence-electron chi connectivity index (χ1n) is 7.99. The number of hydrogen-bond donors (Lipinski definition) is 0. The van der Waals surface area contributed by atoms with Crippen molar-refractivity contribution < 1.29 is 22.3 Å². The van der Waals surface area contributed by atoms with Gasteiger partial charge < -0.3 is 9.47 Å². The van der Waals surface area contributed by atoms with Gasteiger partial charge in [-0.25, -0.2) is 12.8 Å². The molecule has 0 radical (unpaired) electrons. The average Bonchev–Trinajstić information content (AvgIpc) is 3.09. The van der Waals surface area contributed by atoms with Crippen LogP contribution in [0.3, 0.4) is 0 Å². The van der Waals surface area contributed by atoms with Gasteiger partial charge in [0.05, 0.1) is 37.3 Å². The highest BCUT2D eigenvalue weighted by molar-refractivity contribution is 7.88. The second-order valence-electron chi connectivity index (χ2n) is 6.05. The number of sulfonamides is 1. The molecule has 1 atom stereocenters. The van der Waals surface area contributed by atoms with E-state index in [-0.39, 0.29) is 5.02 Å². The maximum absolute atomic E-state index is 13.5. The fourth-order valence-corrected chi connectivity index (χ4v) is 4.05. The van der Waals surface area contributed by atoms with Gasteiger partial charge in [-0.15, -0.1) is 0 Å². The Hall–Kier alpha value is -2.32. The molecule has 6 nitrogen and oxygen atoms in total. The zero-order valence-corrected chi connectivity index (χ0v) is 16.5. The lowest BCUT2D eigenvalue weighted by Gasteiger charge is -2.21. The highest BCUT2D eigenvalue weighted by atomic mass is 35.5. The van der Waals surface area contributed by atoms with Crippen LogP contribution in [0.15, 0.2) is 41.5 Å². The molecule has 1 aliphatic heterocycles. The number of hydrazone groups is 1. The minimum Gasteiger partial charge on any atom is -0.493 e. The quantitative estimate of drug-likeness (QED) is 0.752. The van der Waals surface area contributed by atoms with Crippen molar-refractivity contribution in [3.63, 3.8) is 0 Å². The van der Waals surface area contributed by atoms with Crippen molar-refractivity contribution >= 4 is 27.3 Å². The standard InChI is InChI=1S/C18H18ClFN2O4S/c1-25-17-7-5-11(9-18(17)26-2)15-10-16(22(21-15)27(3,23)24)12-4-6-14(20)13(19)8-12/h4-9,16H,10H2,1-3H3/t16-/m1/s1. The Labute approximate surface area is 162 Å². The van der Waals surface area contributed by atoms with Gasteiger partial charge in [0.15, 0.2) is 11.5 Å². The first-order valence-corrected chi connectivity index (χ1v) is 10.2. The highest BCUT2D eigenvalue weighted by Gasteiger charge is 2.35. The molecule has 0 N–H and O–H groups in total. The molecule has 1 heterocycles. The van der Waals surface area contributed by atoms with E-state index in [9.17, 15) is 12.8 Å². The monoisotopic (exact) mass is 412 g/mol. The number of halogens is 2. The highest BCUT2D eigenvalue weighted by Crippen LogP contribution is 2.37. The molecule has 0 amide bonds. The summed E-state index contributed by atoms with van der Waals surface area (Å²) in [7, 11) is -0.589. The molecule has 144 valence electrons. The van der Waals surface area contributed by atoms with E-state index in [4.69, 9.17) is 21.1 Å². The van der Waals surface area contributed by atoms with Crippen LogP contribution in [0.5, 0.6) is 11.5 Å². The molecular formula is C18H18ClFN2O4S. The summed E-state index contributed by atoms with van der Waals surface area (Å²) in [5.41, 5.74) is 1.83. The summed E-state index contributed by atoms with van der Waals surface area (Å²) in [5, 5.41) is 4.23. The van der Waals surface area contributed by atoms with Crippen LogP contribution >= 0.6 is 11.6 Å². The Morgan fingerprint density at radius 2 is 1.85 bits per heavy atom. The molecule has 9 heteroatoms. The summed E-state index contributed by atoms with van der Waals surface area (Å²) in [6.07, 6.45) is 1.39. The first-order chi connectivity index (χ1) is 12.7. The van der Waals surface area contributed by atoms with Crippen LogP contribution in [-0.4, -0.2) is 39.0 Å². The summed E-state index contributed by atoms with van der Waals surface area (Å²) >= 11 is 5.87. The summed E-state index contributed by atoms with van der Waals surface area (Å²) in [6, 6.07) is 8.78. The molecule has 0 aliphatic carbocycles. The SMILES string of the molecule is COc1ccc(C2=NN(S(C)(=O)=O)[C@@H](c3ccc(F)c(Cl)c3)C2)cc1OC. The Morgan fingerprint density at radius 1 is 1.15 bits per heavy atom. The molecule has 0 fully saturated rings. The zero-order chi connectivity index (χ0) is 19.8. The predicted octanol–water partition coefficient (Wildman–Crippen LogP) is 3.61. The van der Waals surface area contributed by atoms with Crippen molar-refractivity contribution in [1.82, 2.24) is 4.41 Å². The molecule has 0 spiro atoms. The molecule has 0 saturated carbocycles. The van der Waals surface area contributed by atoms with Crippen molar-refractivity contribution in [2.24, 2.45) is 5.10 Å². The molecule has 1 aliphatic rings. The second-order valence-corrected chi connectivity index (χ2v) is 8.29. The molecule has 2 aromatic carbocycles. The van der Waals surface area contributed by atoms with Crippen molar-refractivity contribution in [3.8, 4) is 11.5 Å². The average molecular weight is 413 g/mol. The van der Waals surface area contributed by atoms with E-state index < -0.39 is 21.9 Å². The van der Waals surface area contributed by atoms with Gasteiger partial charge in [-0.1, -0.05) is 17.7 Å². The Morgan fingerprint density at radius 3 is 2.44 bits per heavy atom. The third-order valence-corrected chi connectivity index (χ3v) is 5.56. The van der Waals surface area contributed by atoms with Gasteiger partial charge in [0, 0.05) is 12.0 Å². The summed E-state index contributed by atoms with van der Waals surface area (Å²) in [5.74, 6) is 0.504. The van der Waals surface area contributed by atoms with Gasteiger partial charge >= 0.3 is 0 Å². The van der Waals surface area contributed by atoms with Crippen LogP contribution in [0.2, 0.25) is 5.02 Å². The molecule has 27 heavy (non-hydrogen) atoms. The molecule has 3 rings (SSSR count).